The van der Waals surface area contributed by atoms with Gasteiger partial charge in [0.15, 0.2) is 0 Å². The Kier molecular flexibility index (Phi) is 8.15. The van der Waals surface area contributed by atoms with Crippen LogP contribution in [0.2, 0.25) is 6.04 Å². The second-order valence-electron chi connectivity index (χ2n) is 3.36. The average Bonchev–Trinajstić information content (AvgIpc) is 2.18. The first-order valence-corrected chi connectivity index (χ1v) is 7.89. The van der Waals surface area contributed by atoms with Gasteiger partial charge in [-0.2, -0.15) is 0 Å². The minimum absolute atomic E-state index is 0.135. The van der Waals surface area contributed by atoms with Crippen molar-refractivity contribution in [3.63, 3.8) is 0 Å². The second-order valence-corrected chi connectivity index (χ2v) is 6.19. The lowest BCUT2D eigenvalue weighted by Crippen LogP contribution is -2.58. The highest BCUT2D eigenvalue weighted by molar-refractivity contribution is 6.67. The number of hydrogen-bond donors (Lipinski definition) is 1. The molecule has 0 fully saturated rings. The molecular formula is C11H23NO3Si. The molecule has 0 radical (unpaired) electrons. The number of carbonyl (C=O) groups is 1. The van der Waals surface area contributed by atoms with Gasteiger partial charge in [-0.05, 0) is 26.8 Å². The van der Waals surface area contributed by atoms with Gasteiger partial charge < -0.3 is 13.8 Å². The first-order chi connectivity index (χ1) is 7.64. The number of amides is 1. The summed E-state index contributed by atoms with van der Waals surface area (Å²) in [6.07, 6.45) is 4.14. The van der Waals surface area contributed by atoms with Gasteiger partial charge in [-0.1, -0.05) is 19.4 Å². The predicted octanol–water partition coefficient (Wildman–Crippen LogP) is 2.10. The molecule has 0 saturated heterocycles. The van der Waals surface area contributed by atoms with Crippen molar-refractivity contribution >= 4 is 14.6 Å². The molecule has 0 saturated carbocycles. The van der Waals surface area contributed by atoms with Crippen LogP contribution in [0.3, 0.4) is 0 Å². The molecule has 0 aromatic carbocycles. The van der Waals surface area contributed by atoms with Crippen LogP contribution in [-0.2, 0) is 13.6 Å². The molecule has 1 N–H and O–H groups in total. The molecule has 0 bridgehead atoms. The predicted molar refractivity (Wildman–Crippen MR) is 67.1 cm³/mol. The lowest BCUT2D eigenvalue weighted by Gasteiger charge is -2.29. The fourth-order valence-electron chi connectivity index (χ4n) is 1.50. The van der Waals surface area contributed by atoms with E-state index in [0.717, 1.165) is 12.5 Å². The van der Waals surface area contributed by atoms with Gasteiger partial charge in [-0.15, -0.1) is 0 Å². The Labute approximate surface area is 99.3 Å². The molecular weight excluding hydrogens is 222 g/mol. The van der Waals surface area contributed by atoms with Gasteiger partial charge in [-0.3, -0.25) is 4.79 Å². The SMILES string of the molecule is CC=CC(=O)N[Si](CCC)(OCC)OCC. The summed E-state index contributed by atoms with van der Waals surface area (Å²) in [5, 5.41) is 0. The lowest BCUT2D eigenvalue weighted by atomic mass is 10.5. The van der Waals surface area contributed by atoms with E-state index in [2.05, 4.69) is 11.9 Å². The van der Waals surface area contributed by atoms with Gasteiger partial charge in [0.25, 0.3) is 0 Å². The highest BCUT2D eigenvalue weighted by Gasteiger charge is 2.38. The van der Waals surface area contributed by atoms with Crippen LogP contribution in [0, 0.1) is 0 Å². The first-order valence-electron chi connectivity index (χ1n) is 5.86. The van der Waals surface area contributed by atoms with Crippen LogP contribution in [-0.4, -0.2) is 27.8 Å². The standard InChI is InChI=1S/C11H23NO3Si/c1-5-9-11(13)12-16(10-6-2,14-7-3)15-8-4/h5,9H,6-8,10H2,1-4H3,(H,12,13). The lowest BCUT2D eigenvalue weighted by molar-refractivity contribution is -0.115. The number of nitrogens with one attached hydrogen (secondary N) is 1. The van der Waals surface area contributed by atoms with Crippen molar-refractivity contribution in [2.75, 3.05) is 13.2 Å². The molecule has 0 aromatic heterocycles. The molecule has 5 heteroatoms. The Morgan fingerprint density at radius 1 is 1.25 bits per heavy atom. The topological polar surface area (TPSA) is 47.6 Å². The summed E-state index contributed by atoms with van der Waals surface area (Å²) < 4.78 is 11.4. The maximum absolute atomic E-state index is 11.6. The van der Waals surface area contributed by atoms with Gasteiger partial charge >= 0.3 is 8.72 Å². The number of rotatable bonds is 8. The van der Waals surface area contributed by atoms with E-state index < -0.39 is 8.72 Å². The largest absolute Gasteiger partial charge is 0.459 e. The Balaban J connectivity index is 4.64. The zero-order valence-corrected chi connectivity index (χ0v) is 11.7. The summed E-state index contributed by atoms with van der Waals surface area (Å²) in [5.74, 6) is -0.135. The monoisotopic (exact) mass is 245 g/mol. The summed E-state index contributed by atoms with van der Waals surface area (Å²) >= 11 is 0. The molecule has 0 rings (SSSR count). The highest BCUT2D eigenvalue weighted by atomic mass is 28.4. The van der Waals surface area contributed by atoms with Crippen LogP contribution < -0.4 is 4.98 Å². The summed E-state index contributed by atoms with van der Waals surface area (Å²) in [6, 6.07) is 0.776. The van der Waals surface area contributed by atoms with Crippen molar-refractivity contribution in [1.82, 2.24) is 4.98 Å². The van der Waals surface area contributed by atoms with Crippen molar-refractivity contribution in [3.05, 3.63) is 12.2 Å². The molecule has 0 unspecified atom stereocenters. The van der Waals surface area contributed by atoms with E-state index in [1.165, 1.54) is 6.08 Å². The smallest absolute Gasteiger partial charge is 0.379 e. The van der Waals surface area contributed by atoms with Gasteiger partial charge in [0, 0.05) is 19.3 Å². The van der Waals surface area contributed by atoms with Crippen LogP contribution in [0.15, 0.2) is 12.2 Å². The van der Waals surface area contributed by atoms with E-state index in [4.69, 9.17) is 8.85 Å². The average molecular weight is 245 g/mol. The molecule has 0 aliphatic carbocycles. The van der Waals surface area contributed by atoms with E-state index in [-0.39, 0.29) is 5.91 Å². The Morgan fingerprint density at radius 3 is 2.19 bits per heavy atom. The van der Waals surface area contributed by atoms with E-state index in [0.29, 0.717) is 13.2 Å². The summed E-state index contributed by atoms with van der Waals surface area (Å²) in [7, 11) is -2.55. The van der Waals surface area contributed by atoms with Gasteiger partial charge in [-0.25, -0.2) is 0 Å². The Morgan fingerprint density at radius 2 is 1.81 bits per heavy atom. The maximum Gasteiger partial charge on any atom is 0.459 e. The van der Waals surface area contributed by atoms with Crippen molar-refractivity contribution < 1.29 is 13.6 Å². The van der Waals surface area contributed by atoms with Crippen LogP contribution in [0.25, 0.3) is 0 Å². The fourth-order valence-corrected chi connectivity index (χ4v) is 4.19. The Hall–Kier alpha value is -0.653. The molecule has 0 aromatic rings. The quantitative estimate of drug-likeness (QED) is 0.526. The maximum atomic E-state index is 11.6. The van der Waals surface area contributed by atoms with Gasteiger partial charge in [0.05, 0.1) is 0 Å². The first kappa shape index (κ1) is 15.3. The normalized spacial score (nSPS) is 12.0. The number of carbonyl (C=O) groups excluding carboxylic acids is 1. The zero-order valence-electron chi connectivity index (χ0n) is 10.7. The molecule has 0 atom stereocenters. The summed E-state index contributed by atoms with van der Waals surface area (Å²) in [5.41, 5.74) is 0. The minimum atomic E-state index is -2.55. The third-order valence-corrected chi connectivity index (χ3v) is 5.26. The van der Waals surface area contributed by atoms with Crippen LogP contribution in [0.5, 0.6) is 0 Å². The summed E-state index contributed by atoms with van der Waals surface area (Å²) in [4.78, 5) is 14.5. The van der Waals surface area contributed by atoms with Crippen molar-refractivity contribution in [1.29, 1.82) is 0 Å². The molecule has 0 heterocycles. The van der Waals surface area contributed by atoms with Gasteiger partial charge in [0.1, 0.15) is 0 Å². The van der Waals surface area contributed by atoms with E-state index >= 15 is 0 Å². The number of hydrogen-bond acceptors (Lipinski definition) is 3. The third kappa shape index (κ3) is 5.44. The molecule has 94 valence electrons. The van der Waals surface area contributed by atoms with Crippen LogP contribution >= 0.6 is 0 Å². The van der Waals surface area contributed by atoms with Gasteiger partial charge in [0.2, 0.25) is 5.91 Å². The minimum Gasteiger partial charge on any atom is -0.379 e. The van der Waals surface area contributed by atoms with E-state index in [1.807, 2.05) is 20.8 Å². The van der Waals surface area contributed by atoms with E-state index in [1.54, 1.807) is 6.08 Å². The third-order valence-electron chi connectivity index (χ3n) is 1.97. The molecule has 0 aliphatic heterocycles. The second kappa shape index (κ2) is 8.49. The zero-order chi connectivity index (χ0) is 12.4. The molecule has 16 heavy (non-hydrogen) atoms. The molecule has 0 aliphatic rings. The Bertz CT molecular complexity index is 214. The molecule has 4 nitrogen and oxygen atoms in total. The van der Waals surface area contributed by atoms with Crippen LogP contribution in [0.1, 0.15) is 34.1 Å². The fraction of sp³-hybridized carbons (Fsp3) is 0.727. The van der Waals surface area contributed by atoms with Crippen LogP contribution in [0.4, 0.5) is 0 Å². The van der Waals surface area contributed by atoms with Crippen molar-refractivity contribution in [3.8, 4) is 0 Å². The van der Waals surface area contributed by atoms with Crippen molar-refractivity contribution in [2.45, 2.75) is 40.2 Å². The highest BCUT2D eigenvalue weighted by Crippen LogP contribution is 2.13. The molecule has 1 amide bonds. The molecule has 0 spiro atoms. The van der Waals surface area contributed by atoms with E-state index in [9.17, 15) is 4.79 Å². The number of allylic oxidation sites excluding steroid dienone is 1. The summed E-state index contributed by atoms with van der Waals surface area (Å²) in [6.45, 7) is 8.81. The van der Waals surface area contributed by atoms with Crippen molar-refractivity contribution in [2.24, 2.45) is 0 Å².